The first-order valence-electron chi connectivity index (χ1n) is 19.8. The lowest BCUT2D eigenvalue weighted by Crippen LogP contribution is -2.16. The Hall–Kier alpha value is -7.16. The van der Waals surface area contributed by atoms with Crippen LogP contribution in [0.3, 0.4) is 0 Å². The van der Waals surface area contributed by atoms with E-state index in [9.17, 15) is 0 Å². The molecule has 0 radical (unpaired) electrons. The molecule has 0 atom stereocenters. The molecule has 1 aromatic heterocycles. The van der Waals surface area contributed by atoms with Gasteiger partial charge in [0.25, 0.3) is 0 Å². The van der Waals surface area contributed by atoms with Crippen molar-refractivity contribution in [2.75, 3.05) is 4.90 Å². The summed E-state index contributed by atoms with van der Waals surface area (Å²) in [5.74, 6) is 0. The predicted molar refractivity (Wildman–Crippen MR) is 240 cm³/mol. The first kappa shape index (κ1) is 33.2. The largest absolute Gasteiger partial charge is 0.455 e. The Balaban J connectivity index is 1.11. The molecule has 0 saturated carbocycles. The van der Waals surface area contributed by atoms with Gasteiger partial charge >= 0.3 is 0 Å². The number of furan rings is 1. The molecule has 0 fully saturated rings. The highest BCUT2D eigenvalue weighted by atomic mass is 16.3. The first-order chi connectivity index (χ1) is 28.0. The van der Waals surface area contributed by atoms with Crippen molar-refractivity contribution in [3.63, 3.8) is 0 Å². The van der Waals surface area contributed by atoms with Gasteiger partial charge in [0.2, 0.25) is 0 Å². The number of anilines is 3. The van der Waals surface area contributed by atoms with E-state index in [4.69, 9.17) is 4.42 Å². The topological polar surface area (TPSA) is 16.4 Å². The monoisotopic (exact) mass is 729 g/mol. The Kier molecular flexibility index (Phi) is 7.55. The molecule has 0 unspecified atom stereocenters. The van der Waals surface area contributed by atoms with Crippen molar-refractivity contribution in [1.82, 2.24) is 0 Å². The molecule has 0 bridgehead atoms. The molecule has 2 nitrogen and oxygen atoms in total. The molecule has 0 N–H and O–H groups in total. The molecule has 1 aliphatic rings. The van der Waals surface area contributed by atoms with Crippen LogP contribution in [0.2, 0.25) is 0 Å². The normalized spacial score (nSPS) is 12.9. The summed E-state index contributed by atoms with van der Waals surface area (Å²) in [5.41, 5.74) is 17.3. The minimum atomic E-state index is -0.189. The van der Waals surface area contributed by atoms with E-state index in [1.54, 1.807) is 0 Å². The summed E-state index contributed by atoms with van der Waals surface area (Å²) < 4.78 is 6.96. The van der Waals surface area contributed by atoms with Gasteiger partial charge in [0.15, 0.2) is 0 Å². The van der Waals surface area contributed by atoms with Gasteiger partial charge in [-0.05, 0) is 103 Å². The number of rotatable bonds is 6. The average Bonchev–Trinajstić information content (AvgIpc) is 3.77. The van der Waals surface area contributed by atoms with Crippen molar-refractivity contribution in [2.45, 2.75) is 19.3 Å². The first-order valence-corrected chi connectivity index (χ1v) is 19.8. The Bertz CT molecular complexity index is 3120. The molecule has 10 aromatic rings. The van der Waals surface area contributed by atoms with E-state index in [0.29, 0.717) is 0 Å². The van der Waals surface area contributed by atoms with E-state index in [-0.39, 0.29) is 5.41 Å². The minimum Gasteiger partial charge on any atom is -0.455 e. The average molecular weight is 730 g/mol. The highest BCUT2D eigenvalue weighted by Gasteiger charge is 2.37. The van der Waals surface area contributed by atoms with Gasteiger partial charge in [-0.25, -0.2) is 0 Å². The second-order valence-corrected chi connectivity index (χ2v) is 15.7. The molecule has 57 heavy (non-hydrogen) atoms. The predicted octanol–water partition coefficient (Wildman–Crippen LogP) is 15.5. The lowest BCUT2D eigenvalue weighted by molar-refractivity contribution is 0.660. The van der Waals surface area contributed by atoms with Gasteiger partial charge in [-0.15, -0.1) is 0 Å². The van der Waals surface area contributed by atoms with Crippen molar-refractivity contribution < 1.29 is 4.42 Å². The summed E-state index contributed by atoms with van der Waals surface area (Å²) >= 11 is 0. The molecule has 0 aliphatic heterocycles. The number of fused-ring (bicyclic) bond motifs is 8. The standard InChI is InChI=1S/C55H39NO/c1-55(2)49-24-14-23-44(38-17-8-4-9-18-38)52(49)46-31-29-42(34-50(46)55)56(41-27-25-37(26-28-41)36-15-6-3-7-16-36)43-30-32-47-51(35-43)57-54-48(39-19-10-5-11-20-39)33-40-21-12-13-22-45(40)53(47)54/h3-35H,1-2H3. The van der Waals surface area contributed by atoms with Gasteiger partial charge in [-0.2, -0.15) is 0 Å². The van der Waals surface area contributed by atoms with Gasteiger partial charge < -0.3 is 9.32 Å². The molecule has 0 amide bonds. The molecule has 2 heteroatoms. The fourth-order valence-electron chi connectivity index (χ4n) is 9.24. The maximum Gasteiger partial charge on any atom is 0.143 e. The van der Waals surface area contributed by atoms with Crippen LogP contribution in [-0.4, -0.2) is 0 Å². The molecule has 11 rings (SSSR count). The molecule has 1 heterocycles. The Morgan fingerprint density at radius 3 is 1.74 bits per heavy atom. The van der Waals surface area contributed by atoms with E-state index in [1.807, 2.05) is 0 Å². The molecule has 1 aliphatic carbocycles. The highest BCUT2D eigenvalue weighted by molar-refractivity contribution is 6.22. The van der Waals surface area contributed by atoms with Crippen LogP contribution in [0.4, 0.5) is 17.1 Å². The zero-order valence-corrected chi connectivity index (χ0v) is 31.9. The number of hydrogen-bond donors (Lipinski definition) is 0. The van der Waals surface area contributed by atoms with Crippen LogP contribution in [0, 0.1) is 0 Å². The van der Waals surface area contributed by atoms with Crippen LogP contribution in [0.1, 0.15) is 25.0 Å². The second-order valence-electron chi connectivity index (χ2n) is 15.7. The summed E-state index contributed by atoms with van der Waals surface area (Å²) in [4.78, 5) is 2.38. The fraction of sp³-hybridized carbons (Fsp3) is 0.0545. The van der Waals surface area contributed by atoms with Gasteiger partial charge in [0.05, 0.1) is 0 Å². The Morgan fingerprint density at radius 1 is 0.404 bits per heavy atom. The summed E-state index contributed by atoms with van der Waals surface area (Å²) in [7, 11) is 0. The maximum atomic E-state index is 6.96. The van der Waals surface area contributed by atoms with E-state index in [0.717, 1.165) is 50.1 Å². The third kappa shape index (κ3) is 5.33. The molecule has 0 spiro atoms. The number of hydrogen-bond acceptors (Lipinski definition) is 2. The van der Waals surface area contributed by atoms with Crippen LogP contribution in [0.15, 0.2) is 205 Å². The van der Waals surface area contributed by atoms with E-state index < -0.39 is 0 Å². The Morgan fingerprint density at radius 2 is 1.00 bits per heavy atom. The smallest absolute Gasteiger partial charge is 0.143 e. The minimum absolute atomic E-state index is 0.189. The highest BCUT2D eigenvalue weighted by Crippen LogP contribution is 2.54. The van der Waals surface area contributed by atoms with Gasteiger partial charge in [-0.1, -0.05) is 166 Å². The SMILES string of the molecule is CC1(C)c2cc(N(c3ccc(-c4ccccc4)cc3)c3ccc4c(c3)oc3c(-c5ccccc5)cc5ccccc5c34)ccc2-c2c(-c3ccccc3)cccc21. The fourth-order valence-corrected chi connectivity index (χ4v) is 9.24. The van der Waals surface area contributed by atoms with Gasteiger partial charge in [0, 0.05) is 44.9 Å². The van der Waals surface area contributed by atoms with Crippen LogP contribution in [0.5, 0.6) is 0 Å². The van der Waals surface area contributed by atoms with Crippen molar-refractivity contribution >= 4 is 49.8 Å². The molecule has 270 valence electrons. The van der Waals surface area contributed by atoms with Crippen LogP contribution in [0.25, 0.3) is 77.2 Å². The van der Waals surface area contributed by atoms with Crippen LogP contribution >= 0.6 is 0 Å². The quantitative estimate of drug-likeness (QED) is 0.169. The number of nitrogens with zero attached hydrogens (tertiary/aromatic N) is 1. The molecule has 9 aromatic carbocycles. The van der Waals surface area contributed by atoms with E-state index in [2.05, 4.69) is 219 Å². The van der Waals surface area contributed by atoms with Crippen molar-refractivity contribution in [2.24, 2.45) is 0 Å². The molecular formula is C55H39NO. The van der Waals surface area contributed by atoms with Gasteiger partial charge in [0.1, 0.15) is 11.2 Å². The lowest BCUT2D eigenvalue weighted by Gasteiger charge is -2.28. The van der Waals surface area contributed by atoms with Crippen molar-refractivity contribution in [3.05, 3.63) is 211 Å². The molecule has 0 saturated heterocycles. The van der Waals surface area contributed by atoms with E-state index >= 15 is 0 Å². The third-order valence-corrected chi connectivity index (χ3v) is 12.1. The second kappa shape index (κ2) is 13.0. The summed E-state index contributed by atoms with van der Waals surface area (Å²) in [6, 6.07) is 72.4. The lowest BCUT2D eigenvalue weighted by atomic mass is 9.81. The molecular weight excluding hydrogens is 691 g/mol. The zero-order chi connectivity index (χ0) is 38.1. The van der Waals surface area contributed by atoms with Crippen LogP contribution < -0.4 is 4.90 Å². The van der Waals surface area contributed by atoms with Crippen molar-refractivity contribution in [1.29, 1.82) is 0 Å². The summed E-state index contributed by atoms with van der Waals surface area (Å²) in [6.45, 7) is 4.73. The summed E-state index contributed by atoms with van der Waals surface area (Å²) in [6.07, 6.45) is 0. The number of benzene rings is 9. The summed E-state index contributed by atoms with van der Waals surface area (Å²) in [5, 5.41) is 4.66. The van der Waals surface area contributed by atoms with Gasteiger partial charge in [-0.3, -0.25) is 0 Å². The maximum absolute atomic E-state index is 6.96. The van der Waals surface area contributed by atoms with E-state index in [1.165, 1.54) is 55.3 Å². The van der Waals surface area contributed by atoms with Crippen molar-refractivity contribution in [3.8, 4) is 44.5 Å². The zero-order valence-electron chi connectivity index (χ0n) is 31.9. The third-order valence-electron chi connectivity index (χ3n) is 12.1. The Labute approximate surface area is 332 Å². The van der Waals surface area contributed by atoms with Crippen LogP contribution in [-0.2, 0) is 5.41 Å².